The van der Waals surface area contributed by atoms with E-state index < -0.39 is 17.5 Å². The molecule has 0 aliphatic carbocycles. The summed E-state index contributed by atoms with van der Waals surface area (Å²) in [6, 6.07) is 10.5. The molecule has 9 heteroatoms. The predicted octanol–water partition coefficient (Wildman–Crippen LogP) is 3.51. The highest BCUT2D eigenvalue weighted by molar-refractivity contribution is 5.93. The van der Waals surface area contributed by atoms with Crippen molar-refractivity contribution in [3.8, 4) is 5.82 Å². The van der Waals surface area contributed by atoms with Crippen LogP contribution in [0.1, 0.15) is 48.2 Å². The van der Waals surface area contributed by atoms with Gasteiger partial charge in [0, 0.05) is 6.54 Å². The second-order valence-electron chi connectivity index (χ2n) is 7.22. The number of hydrogen-bond donors (Lipinski definition) is 0. The van der Waals surface area contributed by atoms with E-state index in [1.807, 2.05) is 30.3 Å². The number of hydrogen-bond acceptors (Lipinski definition) is 6. The fourth-order valence-electron chi connectivity index (χ4n) is 3.07. The summed E-state index contributed by atoms with van der Waals surface area (Å²) in [6.07, 6.45) is 0.912. The standard InChI is InChI=1S/C23H25FN4O4/c1-5-19-17(22(29)32-15(3)4)12-18(24)21(25-19)28-23(30)27(6-2)20(26-28)14-31-13-16-10-8-7-9-11-16/h5,7-12,15H,1,6,13-14H2,2-4H3. The Kier molecular flexibility index (Phi) is 7.32. The molecular formula is C23H25FN4O4. The Hall–Kier alpha value is -3.59. The van der Waals surface area contributed by atoms with Crippen LogP contribution in [0.3, 0.4) is 0 Å². The molecule has 0 N–H and O–H groups in total. The average molecular weight is 440 g/mol. The van der Waals surface area contributed by atoms with Crippen LogP contribution in [0.5, 0.6) is 0 Å². The number of carbonyl (C=O) groups is 1. The lowest BCUT2D eigenvalue weighted by atomic mass is 10.2. The molecule has 3 aromatic rings. The van der Waals surface area contributed by atoms with Gasteiger partial charge in [-0.2, -0.15) is 4.68 Å². The van der Waals surface area contributed by atoms with Crippen LogP contribution in [0.4, 0.5) is 4.39 Å². The van der Waals surface area contributed by atoms with E-state index in [-0.39, 0.29) is 29.8 Å². The molecule has 0 saturated heterocycles. The molecule has 1 aromatic carbocycles. The van der Waals surface area contributed by atoms with Crippen LogP contribution in [-0.2, 0) is 29.2 Å². The zero-order valence-electron chi connectivity index (χ0n) is 18.2. The van der Waals surface area contributed by atoms with Crippen LogP contribution in [0, 0.1) is 5.82 Å². The van der Waals surface area contributed by atoms with Crippen molar-refractivity contribution in [3.63, 3.8) is 0 Å². The third-order valence-electron chi connectivity index (χ3n) is 4.54. The molecule has 0 aliphatic rings. The fourth-order valence-corrected chi connectivity index (χ4v) is 3.07. The first kappa shape index (κ1) is 23.1. The highest BCUT2D eigenvalue weighted by Crippen LogP contribution is 2.18. The van der Waals surface area contributed by atoms with Crippen molar-refractivity contribution >= 4 is 12.0 Å². The largest absolute Gasteiger partial charge is 0.459 e. The van der Waals surface area contributed by atoms with Crippen molar-refractivity contribution in [1.29, 1.82) is 0 Å². The summed E-state index contributed by atoms with van der Waals surface area (Å²) in [7, 11) is 0. The normalized spacial score (nSPS) is 11.0. The van der Waals surface area contributed by atoms with Crippen molar-refractivity contribution in [3.05, 3.63) is 81.9 Å². The van der Waals surface area contributed by atoms with Crippen LogP contribution in [0.2, 0.25) is 0 Å². The third-order valence-corrected chi connectivity index (χ3v) is 4.54. The van der Waals surface area contributed by atoms with Gasteiger partial charge in [-0.3, -0.25) is 4.57 Å². The first-order chi connectivity index (χ1) is 15.3. The average Bonchev–Trinajstić information content (AvgIpc) is 3.08. The SMILES string of the molecule is C=Cc1nc(-n2nc(COCc3ccccc3)n(CC)c2=O)c(F)cc1C(=O)OC(C)C. The summed E-state index contributed by atoms with van der Waals surface area (Å²) in [5, 5.41) is 4.23. The summed E-state index contributed by atoms with van der Waals surface area (Å²) < 4.78 is 28.0. The Morgan fingerprint density at radius 1 is 1.25 bits per heavy atom. The van der Waals surface area contributed by atoms with Crippen LogP contribution < -0.4 is 5.69 Å². The van der Waals surface area contributed by atoms with E-state index in [2.05, 4.69) is 16.7 Å². The minimum absolute atomic E-state index is 0.0553. The lowest BCUT2D eigenvalue weighted by molar-refractivity contribution is 0.0376. The molecule has 0 spiro atoms. The van der Waals surface area contributed by atoms with Crippen LogP contribution in [0.25, 0.3) is 11.9 Å². The molecular weight excluding hydrogens is 415 g/mol. The van der Waals surface area contributed by atoms with Gasteiger partial charge in [0.2, 0.25) is 0 Å². The number of carbonyl (C=O) groups excluding carboxylic acids is 1. The Morgan fingerprint density at radius 2 is 1.97 bits per heavy atom. The summed E-state index contributed by atoms with van der Waals surface area (Å²) >= 11 is 0. The zero-order chi connectivity index (χ0) is 23.3. The number of pyridine rings is 1. The topological polar surface area (TPSA) is 88.2 Å². The van der Waals surface area contributed by atoms with Gasteiger partial charge in [-0.1, -0.05) is 36.9 Å². The lowest BCUT2D eigenvalue weighted by Crippen LogP contribution is -2.26. The van der Waals surface area contributed by atoms with E-state index >= 15 is 0 Å². The maximum absolute atomic E-state index is 14.9. The lowest BCUT2D eigenvalue weighted by Gasteiger charge is -2.11. The van der Waals surface area contributed by atoms with E-state index in [9.17, 15) is 14.0 Å². The maximum atomic E-state index is 14.9. The molecule has 32 heavy (non-hydrogen) atoms. The van der Waals surface area contributed by atoms with Crippen molar-refractivity contribution in [2.24, 2.45) is 0 Å². The Bertz CT molecular complexity index is 1170. The Balaban J connectivity index is 1.92. The van der Waals surface area contributed by atoms with Gasteiger partial charge >= 0.3 is 11.7 Å². The van der Waals surface area contributed by atoms with Gasteiger partial charge in [0.15, 0.2) is 17.5 Å². The van der Waals surface area contributed by atoms with E-state index in [0.717, 1.165) is 16.3 Å². The molecule has 3 rings (SSSR count). The van der Waals surface area contributed by atoms with Crippen molar-refractivity contribution in [2.75, 3.05) is 0 Å². The van der Waals surface area contributed by atoms with E-state index in [1.54, 1.807) is 20.8 Å². The predicted molar refractivity (Wildman–Crippen MR) is 117 cm³/mol. The molecule has 168 valence electrons. The molecule has 0 unspecified atom stereocenters. The molecule has 0 radical (unpaired) electrons. The Morgan fingerprint density at radius 3 is 2.59 bits per heavy atom. The first-order valence-electron chi connectivity index (χ1n) is 10.2. The highest BCUT2D eigenvalue weighted by Gasteiger charge is 2.22. The van der Waals surface area contributed by atoms with Gasteiger partial charge < -0.3 is 9.47 Å². The fraction of sp³-hybridized carbons (Fsp3) is 0.304. The van der Waals surface area contributed by atoms with E-state index in [0.29, 0.717) is 19.0 Å². The molecule has 2 heterocycles. The molecule has 0 amide bonds. The molecule has 2 aromatic heterocycles. The molecule has 8 nitrogen and oxygen atoms in total. The zero-order valence-corrected chi connectivity index (χ0v) is 18.2. The minimum atomic E-state index is -0.883. The number of esters is 1. The molecule has 0 atom stereocenters. The number of benzene rings is 1. The van der Waals surface area contributed by atoms with Gasteiger partial charge in [-0.25, -0.2) is 19.0 Å². The number of ether oxygens (including phenoxy) is 2. The van der Waals surface area contributed by atoms with Crippen LogP contribution in [-0.4, -0.2) is 31.4 Å². The van der Waals surface area contributed by atoms with E-state index in [4.69, 9.17) is 9.47 Å². The highest BCUT2D eigenvalue weighted by atomic mass is 19.1. The summed E-state index contributed by atoms with van der Waals surface area (Å²) in [5.41, 5.74) is 0.422. The third kappa shape index (κ3) is 5.00. The van der Waals surface area contributed by atoms with Crippen molar-refractivity contribution < 1.29 is 18.7 Å². The summed E-state index contributed by atoms with van der Waals surface area (Å²) in [6.45, 7) is 9.47. The molecule has 0 bridgehead atoms. The molecule has 0 saturated carbocycles. The number of nitrogens with zero attached hydrogens (tertiary/aromatic N) is 4. The van der Waals surface area contributed by atoms with Gasteiger partial charge in [0.05, 0.1) is 24.0 Å². The van der Waals surface area contributed by atoms with Gasteiger partial charge in [0.25, 0.3) is 0 Å². The van der Waals surface area contributed by atoms with Gasteiger partial charge in [-0.05, 0) is 38.5 Å². The second-order valence-corrected chi connectivity index (χ2v) is 7.22. The summed E-state index contributed by atoms with van der Waals surface area (Å²) in [5.74, 6) is -1.61. The van der Waals surface area contributed by atoms with Crippen LogP contribution >= 0.6 is 0 Å². The first-order valence-corrected chi connectivity index (χ1v) is 10.2. The Labute approximate surface area is 184 Å². The van der Waals surface area contributed by atoms with Crippen molar-refractivity contribution in [2.45, 2.75) is 46.6 Å². The second kappa shape index (κ2) is 10.1. The van der Waals surface area contributed by atoms with E-state index in [1.165, 1.54) is 10.6 Å². The smallest absolute Gasteiger partial charge is 0.352 e. The molecule has 0 fully saturated rings. The summed E-state index contributed by atoms with van der Waals surface area (Å²) in [4.78, 5) is 29.2. The number of rotatable bonds is 9. The minimum Gasteiger partial charge on any atom is -0.459 e. The number of halogens is 1. The number of aromatic nitrogens is 4. The van der Waals surface area contributed by atoms with Crippen LogP contribution in [0.15, 0.2) is 47.8 Å². The maximum Gasteiger partial charge on any atom is 0.352 e. The monoisotopic (exact) mass is 440 g/mol. The quantitative estimate of drug-likeness (QED) is 0.473. The molecule has 0 aliphatic heterocycles. The van der Waals surface area contributed by atoms with Gasteiger partial charge in [-0.15, -0.1) is 5.10 Å². The van der Waals surface area contributed by atoms with Gasteiger partial charge in [0.1, 0.15) is 6.61 Å². The van der Waals surface area contributed by atoms with Crippen molar-refractivity contribution in [1.82, 2.24) is 19.3 Å².